The lowest BCUT2D eigenvalue weighted by molar-refractivity contribution is 0.0719. The normalized spacial score (nSPS) is 18.6. The van der Waals surface area contributed by atoms with Gasteiger partial charge in [-0.05, 0) is 42.7 Å². The van der Waals surface area contributed by atoms with E-state index in [1.54, 1.807) is 0 Å². The van der Waals surface area contributed by atoms with Crippen molar-refractivity contribution in [2.75, 3.05) is 6.61 Å². The molecule has 2 unspecified atom stereocenters. The third-order valence-corrected chi connectivity index (χ3v) is 3.83. The molecule has 2 N–H and O–H groups in total. The molecule has 1 heterocycles. The summed E-state index contributed by atoms with van der Waals surface area (Å²) in [6.45, 7) is 4.62. The van der Waals surface area contributed by atoms with Crippen molar-refractivity contribution in [3.05, 3.63) is 59.2 Å². The number of hydrogen-bond acceptors (Lipinski definition) is 3. The zero-order chi connectivity index (χ0) is 14.1. The molecule has 0 bridgehead atoms. The minimum atomic E-state index is -0.189. The quantitative estimate of drug-likeness (QED) is 0.911. The molecule has 3 heteroatoms. The molecule has 1 aliphatic heterocycles. The van der Waals surface area contributed by atoms with Crippen molar-refractivity contribution in [2.24, 2.45) is 5.73 Å². The molecule has 0 aliphatic carbocycles. The van der Waals surface area contributed by atoms with Crippen molar-refractivity contribution in [2.45, 2.75) is 26.0 Å². The standard InChI is InChI=1S/C17H19NO2/c1-11-8-14-15(9-12(11)2)20-16(10-19-14)17(18)13-6-4-3-5-7-13/h3-9,16-17H,10,18H2,1-2H3. The predicted molar refractivity (Wildman–Crippen MR) is 79.2 cm³/mol. The first-order valence-corrected chi connectivity index (χ1v) is 6.86. The van der Waals surface area contributed by atoms with E-state index in [0.717, 1.165) is 17.1 Å². The van der Waals surface area contributed by atoms with E-state index >= 15 is 0 Å². The molecule has 0 amide bonds. The summed E-state index contributed by atoms with van der Waals surface area (Å²) >= 11 is 0. The van der Waals surface area contributed by atoms with Crippen LogP contribution >= 0.6 is 0 Å². The predicted octanol–water partition coefficient (Wildman–Crippen LogP) is 3.14. The van der Waals surface area contributed by atoms with Crippen LogP contribution in [0.25, 0.3) is 0 Å². The van der Waals surface area contributed by atoms with E-state index in [-0.39, 0.29) is 12.1 Å². The number of hydrogen-bond donors (Lipinski definition) is 1. The molecule has 0 spiro atoms. The van der Waals surface area contributed by atoms with Gasteiger partial charge in [-0.3, -0.25) is 0 Å². The van der Waals surface area contributed by atoms with Gasteiger partial charge in [0.05, 0.1) is 6.04 Å². The molecule has 20 heavy (non-hydrogen) atoms. The lowest BCUT2D eigenvalue weighted by Gasteiger charge is -2.31. The molecule has 104 valence electrons. The lowest BCUT2D eigenvalue weighted by Crippen LogP contribution is -2.39. The minimum absolute atomic E-state index is 0.160. The average Bonchev–Trinajstić information content (AvgIpc) is 2.48. The van der Waals surface area contributed by atoms with Gasteiger partial charge >= 0.3 is 0 Å². The Morgan fingerprint density at radius 3 is 2.40 bits per heavy atom. The van der Waals surface area contributed by atoms with Gasteiger partial charge in [0.25, 0.3) is 0 Å². The number of rotatable bonds is 2. The highest BCUT2D eigenvalue weighted by Gasteiger charge is 2.27. The zero-order valence-electron chi connectivity index (χ0n) is 11.8. The molecule has 1 aliphatic rings. The minimum Gasteiger partial charge on any atom is -0.486 e. The SMILES string of the molecule is Cc1cc2c(cc1C)OC(C(N)c1ccccc1)CO2. The Morgan fingerprint density at radius 1 is 1.05 bits per heavy atom. The molecular weight excluding hydrogens is 250 g/mol. The summed E-state index contributed by atoms with van der Waals surface area (Å²) < 4.78 is 11.8. The fourth-order valence-corrected chi connectivity index (χ4v) is 2.40. The Morgan fingerprint density at radius 2 is 1.70 bits per heavy atom. The number of nitrogens with two attached hydrogens (primary N) is 1. The summed E-state index contributed by atoms with van der Waals surface area (Å²) in [6.07, 6.45) is -0.160. The van der Waals surface area contributed by atoms with Crippen LogP contribution in [0.5, 0.6) is 11.5 Å². The summed E-state index contributed by atoms with van der Waals surface area (Å²) in [7, 11) is 0. The number of fused-ring (bicyclic) bond motifs is 1. The second-order valence-corrected chi connectivity index (χ2v) is 5.29. The highest BCUT2D eigenvalue weighted by Crippen LogP contribution is 2.36. The fraction of sp³-hybridized carbons (Fsp3) is 0.294. The molecule has 0 aromatic heterocycles. The van der Waals surface area contributed by atoms with Gasteiger partial charge in [-0.25, -0.2) is 0 Å². The van der Waals surface area contributed by atoms with Crippen LogP contribution in [0.2, 0.25) is 0 Å². The van der Waals surface area contributed by atoms with Crippen LogP contribution in [0.4, 0.5) is 0 Å². The molecule has 3 nitrogen and oxygen atoms in total. The van der Waals surface area contributed by atoms with E-state index in [1.807, 2.05) is 42.5 Å². The van der Waals surface area contributed by atoms with Crippen LogP contribution in [-0.2, 0) is 0 Å². The summed E-state index contributed by atoms with van der Waals surface area (Å²) in [5.74, 6) is 1.60. The molecule has 0 saturated heterocycles. The summed E-state index contributed by atoms with van der Waals surface area (Å²) in [5, 5.41) is 0. The first-order chi connectivity index (χ1) is 9.65. The van der Waals surface area contributed by atoms with Crippen LogP contribution in [0, 0.1) is 13.8 Å². The Bertz CT molecular complexity index is 610. The zero-order valence-corrected chi connectivity index (χ0v) is 11.8. The van der Waals surface area contributed by atoms with E-state index in [2.05, 4.69) is 13.8 Å². The lowest BCUT2D eigenvalue weighted by atomic mass is 10.0. The van der Waals surface area contributed by atoms with Crippen LogP contribution in [-0.4, -0.2) is 12.7 Å². The molecule has 0 saturated carbocycles. The summed E-state index contributed by atoms with van der Waals surface area (Å²) in [4.78, 5) is 0. The Kier molecular flexibility index (Phi) is 3.36. The topological polar surface area (TPSA) is 44.5 Å². The van der Waals surface area contributed by atoms with Crippen molar-refractivity contribution in [3.8, 4) is 11.5 Å². The third kappa shape index (κ3) is 2.37. The molecule has 2 atom stereocenters. The molecule has 0 fully saturated rings. The maximum absolute atomic E-state index is 6.29. The molecule has 2 aromatic rings. The van der Waals surface area contributed by atoms with E-state index in [4.69, 9.17) is 15.2 Å². The molecule has 0 radical (unpaired) electrons. The summed E-state index contributed by atoms with van der Waals surface area (Å²) in [5.41, 5.74) is 9.76. The van der Waals surface area contributed by atoms with Gasteiger partial charge in [-0.1, -0.05) is 30.3 Å². The van der Waals surface area contributed by atoms with Gasteiger partial charge in [-0.15, -0.1) is 0 Å². The van der Waals surface area contributed by atoms with Crippen LogP contribution < -0.4 is 15.2 Å². The maximum atomic E-state index is 6.29. The van der Waals surface area contributed by atoms with Gasteiger partial charge in [0.15, 0.2) is 17.6 Å². The van der Waals surface area contributed by atoms with Crippen molar-refractivity contribution < 1.29 is 9.47 Å². The molecule has 2 aromatic carbocycles. The number of benzene rings is 2. The van der Waals surface area contributed by atoms with Crippen molar-refractivity contribution in [3.63, 3.8) is 0 Å². The van der Waals surface area contributed by atoms with Crippen molar-refractivity contribution >= 4 is 0 Å². The van der Waals surface area contributed by atoms with Gasteiger partial charge in [0, 0.05) is 0 Å². The second kappa shape index (κ2) is 5.17. The number of ether oxygens (including phenoxy) is 2. The monoisotopic (exact) mass is 269 g/mol. The Labute approximate surface area is 119 Å². The van der Waals surface area contributed by atoms with E-state index in [9.17, 15) is 0 Å². The van der Waals surface area contributed by atoms with Crippen LogP contribution in [0.15, 0.2) is 42.5 Å². The third-order valence-electron chi connectivity index (χ3n) is 3.83. The molecule has 3 rings (SSSR count). The van der Waals surface area contributed by atoms with Crippen molar-refractivity contribution in [1.82, 2.24) is 0 Å². The first-order valence-electron chi connectivity index (χ1n) is 6.86. The average molecular weight is 269 g/mol. The van der Waals surface area contributed by atoms with E-state index in [1.165, 1.54) is 11.1 Å². The second-order valence-electron chi connectivity index (χ2n) is 5.29. The van der Waals surface area contributed by atoms with Gasteiger partial charge in [-0.2, -0.15) is 0 Å². The Balaban J connectivity index is 1.83. The van der Waals surface area contributed by atoms with Gasteiger partial charge in [0.1, 0.15) is 6.61 Å². The highest BCUT2D eigenvalue weighted by atomic mass is 16.6. The van der Waals surface area contributed by atoms with Crippen LogP contribution in [0.3, 0.4) is 0 Å². The Hall–Kier alpha value is -2.00. The molecular formula is C17H19NO2. The van der Waals surface area contributed by atoms with Gasteiger partial charge in [0.2, 0.25) is 0 Å². The highest BCUT2D eigenvalue weighted by molar-refractivity contribution is 5.47. The fourth-order valence-electron chi connectivity index (χ4n) is 2.40. The first kappa shape index (κ1) is 13.0. The maximum Gasteiger partial charge on any atom is 0.162 e. The number of aryl methyl sites for hydroxylation is 2. The van der Waals surface area contributed by atoms with E-state index in [0.29, 0.717) is 6.61 Å². The van der Waals surface area contributed by atoms with Gasteiger partial charge < -0.3 is 15.2 Å². The van der Waals surface area contributed by atoms with Crippen molar-refractivity contribution in [1.29, 1.82) is 0 Å². The largest absolute Gasteiger partial charge is 0.486 e. The van der Waals surface area contributed by atoms with E-state index < -0.39 is 0 Å². The van der Waals surface area contributed by atoms with Crippen LogP contribution in [0.1, 0.15) is 22.7 Å². The smallest absolute Gasteiger partial charge is 0.162 e. The summed E-state index contributed by atoms with van der Waals surface area (Å²) in [6, 6.07) is 13.8.